The lowest BCUT2D eigenvalue weighted by molar-refractivity contribution is -0.0594. The van der Waals surface area contributed by atoms with Gasteiger partial charge in [0.15, 0.2) is 0 Å². The Labute approximate surface area is 221 Å². The van der Waals surface area contributed by atoms with E-state index in [-0.39, 0.29) is 18.3 Å². The van der Waals surface area contributed by atoms with E-state index in [4.69, 9.17) is 19.3 Å². The molecule has 1 fully saturated rings. The molecule has 0 bridgehead atoms. The Balaban J connectivity index is 1.64. The molecule has 0 aliphatic carbocycles. The SMILES string of the molecule is Cc1ccc(Oc2c(CN(C[C@H](O)COC(C)(C)C)C[C@@H]3CCCO3)c(-c3ccccc3)nn2C)cc1. The fraction of sp³-hybridized carbons (Fsp3) is 0.500. The van der Waals surface area contributed by atoms with Crippen LogP contribution < -0.4 is 4.74 Å². The maximum atomic E-state index is 10.9. The molecule has 3 aromatic rings. The summed E-state index contributed by atoms with van der Waals surface area (Å²) in [6.07, 6.45) is 1.61. The van der Waals surface area contributed by atoms with Gasteiger partial charge in [-0.1, -0.05) is 48.0 Å². The molecule has 1 aromatic heterocycles. The molecule has 4 rings (SSSR count). The molecule has 37 heavy (non-hydrogen) atoms. The fourth-order valence-electron chi connectivity index (χ4n) is 4.57. The van der Waals surface area contributed by atoms with Crippen LogP contribution >= 0.6 is 0 Å². The number of rotatable bonds is 11. The van der Waals surface area contributed by atoms with Gasteiger partial charge >= 0.3 is 0 Å². The van der Waals surface area contributed by atoms with Crippen molar-refractivity contribution in [3.63, 3.8) is 0 Å². The minimum Gasteiger partial charge on any atom is -0.439 e. The van der Waals surface area contributed by atoms with E-state index in [1.165, 1.54) is 5.56 Å². The lowest BCUT2D eigenvalue weighted by Crippen LogP contribution is -2.40. The van der Waals surface area contributed by atoms with E-state index in [2.05, 4.69) is 24.0 Å². The maximum absolute atomic E-state index is 10.9. The van der Waals surface area contributed by atoms with E-state index in [0.29, 0.717) is 19.0 Å². The Hall–Kier alpha value is -2.71. The number of aliphatic hydroxyl groups is 1. The minimum atomic E-state index is -0.626. The van der Waals surface area contributed by atoms with Crippen LogP contribution in [0.25, 0.3) is 11.3 Å². The molecule has 1 aliphatic heterocycles. The predicted molar refractivity (Wildman–Crippen MR) is 146 cm³/mol. The van der Waals surface area contributed by atoms with Gasteiger partial charge in [0, 0.05) is 38.9 Å². The summed E-state index contributed by atoms with van der Waals surface area (Å²) < 4.78 is 20.1. The van der Waals surface area contributed by atoms with E-state index in [1.54, 1.807) is 4.68 Å². The van der Waals surface area contributed by atoms with Crippen molar-refractivity contribution in [2.45, 2.75) is 64.9 Å². The summed E-state index contributed by atoms with van der Waals surface area (Å²) in [6, 6.07) is 18.2. The first kappa shape index (κ1) is 27.3. The van der Waals surface area contributed by atoms with Crippen LogP contribution in [0, 0.1) is 6.92 Å². The van der Waals surface area contributed by atoms with Crippen LogP contribution in [-0.2, 0) is 23.1 Å². The molecule has 7 heteroatoms. The van der Waals surface area contributed by atoms with Gasteiger partial charge in [-0.25, -0.2) is 4.68 Å². The highest BCUT2D eigenvalue weighted by molar-refractivity contribution is 5.65. The highest BCUT2D eigenvalue weighted by atomic mass is 16.5. The van der Waals surface area contributed by atoms with Crippen LogP contribution in [-0.4, -0.2) is 63.9 Å². The van der Waals surface area contributed by atoms with Crippen LogP contribution in [0.15, 0.2) is 54.6 Å². The molecule has 7 nitrogen and oxygen atoms in total. The van der Waals surface area contributed by atoms with Crippen molar-refractivity contribution in [1.29, 1.82) is 0 Å². The van der Waals surface area contributed by atoms with Gasteiger partial charge in [0.1, 0.15) is 11.4 Å². The molecule has 2 atom stereocenters. The second kappa shape index (κ2) is 12.2. The largest absolute Gasteiger partial charge is 0.439 e. The third-order valence-corrected chi connectivity index (χ3v) is 6.42. The van der Waals surface area contributed by atoms with Gasteiger partial charge in [0.05, 0.1) is 30.0 Å². The number of aryl methyl sites for hydroxylation is 2. The summed E-state index contributed by atoms with van der Waals surface area (Å²) >= 11 is 0. The minimum absolute atomic E-state index is 0.147. The number of hydrogen-bond acceptors (Lipinski definition) is 6. The van der Waals surface area contributed by atoms with Crippen LogP contribution in [0.3, 0.4) is 0 Å². The van der Waals surface area contributed by atoms with Crippen LogP contribution in [0.2, 0.25) is 0 Å². The number of aliphatic hydroxyl groups excluding tert-OH is 1. The monoisotopic (exact) mass is 507 g/mol. The summed E-state index contributed by atoms with van der Waals surface area (Å²) in [7, 11) is 1.91. The van der Waals surface area contributed by atoms with Gasteiger partial charge in [-0.05, 0) is 52.7 Å². The molecule has 0 saturated carbocycles. The molecule has 1 saturated heterocycles. The first-order valence-corrected chi connectivity index (χ1v) is 13.2. The Morgan fingerprint density at radius 1 is 1.14 bits per heavy atom. The molecular formula is C30H41N3O4. The van der Waals surface area contributed by atoms with Gasteiger partial charge in [-0.3, -0.25) is 4.90 Å². The molecule has 2 aromatic carbocycles. The summed E-state index contributed by atoms with van der Waals surface area (Å²) in [4.78, 5) is 2.25. The van der Waals surface area contributed by atoms with Crippen LogP contribution in [0.1, 0.15) is 44.7 Å². The molecule has 2 heterocycles. The lowest BCUT2D eigenvalue weighted by atomic mass is 10.1. The molecule has 0 amide bonds. The third-order valence-electron chi connectivity index (χ3n) is 6.42. The number of hydrogen-bond donors (Lipinski definition) is 1. The molecule has 0 radical (unpaired) electrons. The molecule has 0 spiro atoms. The van der Waals surface area contributed by atoms with Gasteiger partial charge < -0.3 is 19.3 Å². The van der Waals surface area contributed by atoms with E-state index in [0.717, 1.165) is 48.6 Å². The zero-order valence-electron chi connectivity index (χ0n) is 22.8. The summed E-state index contributed by atoms with van der Waals surface area (Å²) in [5, 5.41) is 15.8. The Bertz CT molecular complexity index is 1120. The normalized spacial score (nSPS) is 16.9. The van der Waals surface area contributed by atoms with Crippen molar-refractivity contribution in [1.82, 2.24) is 14.7 Å². The number of ether oxygens (including phenoxy) is 3. The number of benzene rings is 2. The first-order valence-electron chi connectivity index (χ1n) is 13.2. The summed E-state index contributed by atoms with van der Waals surface area (Å²) in [6.45, 7) is 10.9. The average molecular weight is 508 g/mol. The zero-order chi connectivity index (χ0) is 26.4. The van der Waals surface area contributed by atoms with E-state index in [9.17, 15) is 5.11 Å². The van der Waals surface area contributed by atoms with Crippen molar-refractivity contribution in [3.8, 4) is 22.9 Å². The Morgan fingerprint density at radius 3 is 2.51 bits per heavy atom. The van der Waals surface area contributed by atoms with Gasteiger partial charge in [0.25, 0.3) is 0 Å². The topological polar surface area (TPSA) is 69.0 Å². The van der Waals surface area contributed by atoms with Gasteiger partial charge in [0.2, 0.25) is 5.88 Å². The fourth-order valence-corrected chi connectivity index (χ4v) is 4.57. The number of nitrogens with zero attached hydrogens (tertiary/aromatic N) is 3. The number of aromatic nitrogens is 2. The highest BCUT2D eigenvalue weighted by Crippen LogP contribution is 2.34. The van der Waals surface area contributed by atoms with Crippen LogP contribution in [0.5, 0.6) is 11.6 Å². The van der Waals surface area contributed by atoms with E-state index >= 15 is 0 Å². The lowest BCUT2D eigenvalue weighted by Gasteiger charge is -2.29. The van der Waals surface area contributed by atoms with Crippen molar-refractivity contribution in [2.75, 3.05) is 26.3 Å². The van der Waals surface area contributed by atoms with Gasteiger partial charge in [-0.15, -0.1) is 0 Å². The van der Waals surface area contributed by atoms with Crippen molar-refractivity contribution < 1.29 is 19.3 Å². The van der Waals surface area contributed by atoms with E-state index < -0.39 is 6.10 Å². The van der Waals surface area contributed by atoms with Crippen molar-refractivity contribution in [2.24, 2.45) is 7.05 Å². The zero-order valence-corrected chi connectivity index (χ0v) is 22.8. The molecule has 0 unspecified atom stereocenters. The van der Waals surface area contributed by atoms with Crippen molar-refractivity contribution >= 4 is 0 Å². The van der Waals surface area contributed by atoms with Crippen LogP contribution in [0.4, 0.5) is 0 Å². The molecule has 1 aliphatic rings. The van der Waals surface area contributed by atoms with Crippen molar-refractivity contribution in [3.05, 3.63) is 65.7 Å². The molecule has 200 valence electrons. The smallest absolute Gasteiger partial charge is 0.222 e. The average Bonchev–Trinajstić information content (AvgIpc) is 3.48. The molecular weight excluding hydrogens is 466 g/mol. The first-order chi connectivity index (χ1) is 17.7. The molecule has 1 N–H and O–H groups in total. The summed E-state index contributed by atoms with van der Waals surface area (Å²) in [5.74, 6) is 1.46. The Morgan fingerprint density at radius 2 is 1.86 bits per heavy atom. The quantitative estimate of drug-likeness (QED) is 0.378. The van der Waals surface area contributed by atoms with E-state index in [1.807, 2.05) is 70.3 Å². The maximum Gasteiger partial charge on any atom is 0.222 e. The Kier molecular flexibility index (Phi) is 9.03. The summed E-state index contributed by atoms with van der Waals surface area (Å²) in [5.41, 5.74) is 3.76. The predicted octanol–water partition coefficient (Wildman–Crippen LogP) is 5.34. The highest BCUT2D eigenvalue weighted by Gasteiger charge is 2.27. The standard InChI is InChI=1S/C30H41N3O4/c1-22-13-15-25(16-14-22)37-29-27(28(31-32(29)5)23-10-7-6-8-11-23)20-33(19-26-12-9-17-35-26)18-24(34)21-36-30(2,3)4/h6-8,10-11,13-16,24,26,34H,9,12,17-21H2,1-5H3/t24-,26-/m0/s1. The second-order valence-electron chi connectivity index (χ2n) is 10.9. The van der Waals surface area contributed by atoms with Gasteiger partial charge in [-0.2, -0.15) is 5.10 Å². The second-order valence-corrected chi connectivity index (χ2v) is 10.9. The third kappa shape index (κ3) is 7.89.